The Morgan fingerprint density at radius 1 is 1.15 bits per heavy atom. The minimum atomic E-state index is -1.01. The number of nitrogens with zero attached hydrogens (tertiary/aromatic N) is 1. The molecule has 3 heterocycles. The van der Waals surface area contributed by atoms with E-state index < -0.39 is 11.6 Å². The van der Waals surface area contributed by atoms with Gasteiger partial charge in [-0.2, -0.15) is 4.39 Å². The van der Waals surface area contributed by atoms with Gasteiger partial charge < -0.3 is 16.0 Å². The van der Waals surface area contributed by atoms with Crippen molar-refractivity contribution in [3.8, 4) is 0 Å². The number of hydrogen-bond donors (Lipinski definition) is 3. The first kappa shape index (κ1) is 16.8. The summed E-state index contributed by atoms with van der Waals surface area (Å²) in [5.41, 5.74) is 8.52. The number of aromatic nitrogens is 2. The molecule has 4 N–H and O–H groups in total. The van der Waals surface area contributed by atoms with Crippen LogP contribution in [0.1, 0.15) is 11.1 Å². The molecule has 132 valence electrons. The van der Waals surface area contributed by atoms with Gasteiger partial charge in [-0.05, 0) is 35.4 Å². The number of pyridine rings is 1. The number of halogens is 2. The number of dihydropyridines is 1. The highest BCUT2D eigenvalue weighted by Crippen LogP contribution is 2.27. The molecule has 0 amide bonds. The van der Waals surface area contributed by atoms with Crippen molar-refractivity contribution in [2.75, 3.05) is 0 Å². The van der Waals surface area contributed by atoms with Crippen LogP contribution in [-0.4, -0.2) is 15.6 Å². The molecule has 4 nitrogen and oxygen atoms in total. The average Bonchev–Trinajstić information content (AvgIpc) is 3.03. The maximum atomic E-state index is 14.7. The van der Waals surface area contributed by atoms with Gasteiger partial charge in [0.05, 0.1) is 0 Å². The van der Waals surface area contributed by atoms with Crippen LogP contribution in [0.5, 0.6) is 0 Å². The predicted molar refractivity (Wildman–Crippen MR) is 102 cm³/mol. The zero-order chi connectivity index (χ0) is 18.1. The second-order valence-electron chi connectivity index (χ2n) is 6.50. The fraction of sp³-hybridized carbons (Fsp3) is 0.150. The van der Waals surface area contributed by atoms with Gasteiger partial charge in [-0.25, -0.2) is 4.98 Å². The Balaban J connectivity index is 1.55. The van der Waals surface area contributed by atoms with Crippen molar-refractivity contribution in [1.82, 2.24) is 15.3 Å². The van der Waals surface area contributed by atoms with Crippen LogP contribution in [0.25, 0.3) is 11.0 Å². The van der Waals surface area contributed by atoms with E-state index in [2.05, 4.69) is 15.3 Å². The maximum Gasteiger partial charge on any atom is 0.192 e. The summed E-state index contributed by atoms with van der Waals surface area (Å²) in [6.07, 6.45) is 7.96. The molecule has 1 unspecified atom stereocenters. The zero-order valence-corrected chi connectivity index (χ0v) is 14.7. The smallest absolute Gasteiger partial charge is 0.192 e. The minimum Gasteiger partial charge on any atom is -0.346 e. The van der Waals surface area contributed by atoms with Gasteiger partial charge in [-0.1, -0.05) is 35.9 Å². The summed E-state index contributed by atoms with van der Waals surface area (Å²) in [5.74, 6) is -0.416. The van der Waals surface area contributed by atoms with Gasteiger partial charge in [0.15, 0.2) is 5.95 Å². The molecule has 3 aromatic rings. The quantitative estimate of drug-likeness (QED) is 0.610. The van der Waals surface area contributed by atoms with Crippen LogP contribution in [0.2, 0.25) is 5.02 Å². The highest BCUT2D eigenvalue weighted by molar-refractivity contribution is 6.31. The Labute approximate surface area is 155 Å². The Hall–Kier alpha value is -2.63. The summed E-state index contributed by atoms with van der Waals surface area (Å²) in [6.45, 7) is 0. The van der Waals surface area contributed by atoms with E-state index >= 15 is 0 Å². The molecule has 0 saturated carbocycles. The van der Waals surface area contributed by atoms with E-state index in [0.29, 0.717) is 23.4 Å². The second kappa shape index (κ2) is 6.59. The summed E-state index contributed by atoms with van der Waals surface area (Å²) < 4.78 is 14.7. The fourth-order valence-electron chi connectivity index (χ4n) is 3.21. The topological polar surface area (TPSA) is 66.7 Å². The molecule has 0 spiro atoms. The van der Waals surface area contributed by atoms with Gasteiger partial charge in [-0.3, -0.25) is 0 Å². The van der Waals surface area contributed by atoms with Crippen molar-refractivity contribution >= 4 is 22.6 Å². The number of nitrogens with two attached hydrogens (primary N) is 1. The minimum absolute atomic E-state index is 0.390. The molecule has 6 heteroatoms. The summed E-state index contributed by atoms with van der Waals surface area (Å²) in [6, 6.07) is 11.3. The Morgan fingerprint density at radius 2 is 2.00 bits per heavy atom. The molecular weight excluding hydrogens is 351 g/mol. The van der Waals surface area contributed by atoms with Crippen LogP contribution >= 0.6 is 11.6 Å². The standard InChI is InChI=1S/C20H18ClFN4/c21-17-6-2-1-4-14(17)11-20(23)8-7-13(18(22)26-20)10-15-12-25-19-16(15)5-3-9-24-19/h1-9,12,26H,10-11,23H2,(H,24,25). The number of benzene rings is 1. The highest BCUT2D eigenvalue weighted by Gasteiger charge is 2.28. The summed E-state index contributed by atoms with van der Waals surface area (Å²) in [4.78, 5) is 7.37. The average molecular weight is 369 g/mol. The molecule has 0 bridgehead atoms. The van der Waals surface area contributed by atoms with Gasteiger partial charge in [0.1, 0.15) is 11.3 Å². The van der Waals surface area contributed by atoms with Crippen molar-refractivity contribution in [2.45, 2.75) is 18.5 Å². The van der Waals surface area contributed by atoms with Crippen LogP contribution in [0.3, 0.4) is 0 Å². The second-order valence-corrected chi connectivity index (χ2v) is 6.90. The van der Waals surface area contributed by atoms with E-state index in [9.17, 15) is 4.39 Å². The van der Waals surface area contributed by atoms with E-state index in [1.807, 2.05) is 36.5 Å². The molecule has 1 atom stereocenters. The van der Waals surface area contributed by atoms with E-state index in [1.54, 1.807) is 24.4 Å². The molecule has 0 fully saturated rings. The van der Waals surface area contributed by atoms with Crippen LogP contribution in [-0.2, 0) is 12.8 Å². The first-order chi connectivity index (χ1) is 12.5. The first-order valence-electron chi connectivity index (χ1n) is 8.33. The van der Waals surface area contributed by atoms with E-state index in [4.69, 9.17) is 17.3 Å². The number of nitrogens with one attached hydrogen (secondary N) is 2. The lowest BCUT2D eigenvalue weighted by Crippen LogP contribution is -2.54. The van der Waals surface area contributed by atoms with E-state index in [0.717, 1.165) is 22.2 Å². The van der Waals surface area contributed by atoms with Crippen molar-refractivity contribution < 1.29 is 4.39 Å². The molecular formula is C20H18ClFN4. The van der Waals surface area contributed by atoms with Crippen molar-refractivity contribution in [2.24, 2.45) is 5.73 Å². The number of hydrogen-bond acceptors (Lipinski definition) is 3. The lowest BCUT2D eigenvalue weighted by atomic mass is 9.94. The van der Waals surface area contributed by atoms with Crippen molar-refractivity contribution in [1.29, 1.82) is 0 Å². The molecule has 0 radical (unpaired) electrons. The zero-order valence-electron chi connectivity index (χ0n) is 14.0. The largest absolute Gasteiger partial charge is 0.346 e. The molecule has 4 rings (SSSR count). The highest BCUT2D eigenvalue weighted by atomic mass is 35.5. The fourth-order valence-corrected chi connectivity index (χ4v) is 3.41. The number of allylic oxidation sites excluding steroid dienone is 2. The third-order valence-corrected chi connectivity index (χ3v) is 4.93. The Kier molecular flexibility index (Phi) is 4.26. The summed E-state index contributed by atoms with van der Waals surface area (Å²) in [5, 5.41) is 4.41. The van der Waals surface area contributed by atoms with Crippen LogP contribution in [0.15, 0.2) is 72.5 Å². The lowest BCUT2D eigenvalue weighted by Gasteiger charge is -2.31. The molecule has 1 aromatic carbocycles. The normalized spacial score (nSPS) is 19.8. The summed E-state index contributed by atoms with van der Waals surface area (Å²) in [7, 11) is 0. The number of aromatic amines is 1. The number of fused-ring (bicyclic) bond motifs is 1. The maximum absolute atomic E-state index is 14.7. The monoisotopic (exact) mass is 368 g/mol. The molecule has 2 aromatic heterocycles. The van der Waals surface area contributed by atoms with Crippen LogP contribution in [0.4, 0.5) is 4.39 Å². The molecule has 0 saturated heterocycles. The van der Waals surface area contributed by atoms with E-state index in [1.165, 1.54) is 0 Å². The molecule has 26 heavy (non-hydrogen) atoms. The van der Waals surface area contributed by atoms with Crippen LogP contribution < -0.4 is 11.1 Å². The van der Waals surface area contributed by atoms with Gasteiger partial charge in [0.2, 0.25) is 0 Å². The Morgan fingerprint density at radius 3 is 2.81 bits per heavy atom. The SMILES string of the molecule is NC1(Cc2ccccc2Cl)C=CC(Cc2c[nH]c3ncccc23)=C(F)N1. The number of rotatable bonds is 4. The van der Waals surface area contributed by atoms with Gasteiger partial charge in [0.25, 0.3) is 0 Å². The van der Waals surface area contributed by atoms with Crippen LogP contribution in [0, 0.1) is 0 Å². The molecule has 1 aliphatic rings. The first-order valence-corrected chi connectivity index (χ1v) is 8.71. The summed E-state index contributed by atoms with van der Waals surface area (Å²) >= 11 is 6.20. The van der Waals surface area contributed by atoms with Gasteiger partial charge in [0, 0.05) is 41.2 Å². The lowest BCUT2D eigenvalue weighted by molar-refractivity contribution is 0.381. The number of H-pyrrole nitrogens is 1. The van der Waals surface area contributed by atoms with E-state index in [-0.39, 0.29) is 0 Å². The predicted octanol–water partition coefficient (Wildman–Crippen LogP) is 4.00. The third kappa shape index (κ3) is 3.23. The third-order valence-electron chi connectivity index (χ3n) is 4.56. The van der Waals surface area contributed by atoms with Crippen molar-refractivity contribution in [3.63, 3.8) is 0 Å². The van der Waals surface area contributed by atoms with Gasteiger partial charge in [-0.15, -0.1) is 0 Å². The molecule has 1 aliphatic heterocycles. The van der Waals surface area contributed by atoms with Gasteiger partial charge >= 0.3 is 0 Å². The molecule has 0 aliphatic carbocycles. The van der Waals surface area contributed by atoms with Crippen molar-refractivity contribution in [3.05, 3.63) is 88.6 Å². The Bertz CT molecular complexity index is 1020.